The fourth-order valence-corrected chi connectivity index (χ4v) is 2.96. The van der Waals surface area contributed by atoms with Crippen molar-refractivity contribution in [3.05, 3.63) is 29.3 Å². The molecule has 0 unspecified atom stereocenters. The summed E-state index contributed by atoms with van der Waals surface area (Å²) in [7, 11) is 0. The van der Waals surface area contributed by atoms with Gasteiger partial charge < -0.3 is 15.1 Å². The van der Waals surface area contributed by atoms with Gasteiger partial charge in [0.15, 0.2) is 0 Å². The smallest absolute Gasteiger partial charge is 0.237 e. The summed E-state index contributed by atoms with van der Waals surface area (Å²) in [6.07, 6.45) is 0. The van der Waals surface area contributed by atoms with Crippen LogP contribution in [0.4, 0.5) is 5.69 Å². The molecule has 1 aliphatic heterocycles. The van der Waals surface area contributed by atoms with Gasteiger partial charge in [-0.2, -0.15) is 0 Å². The van der Waals surface area contributed by atoms with Crippen LogP contribution in [0.15, 0.2) is 24.3 Å². The number of rotatable bonds is 4. The van der Waals surface area contributed by atoms with E-state index in [2.05, 4.69) is 10.2 Å². The number of nitrogens with one attached hydrogen (secondary N) is 1. The molecular formula is C18H26ClN3O2. The zero-order valence-corrected chi connectivity index (χ0v) is 15.6. The van der Waals surface area contributed by atoms with Gasteiger partial charge in [-0.05, 0) is 45.9 Å². The summed E-state index contributed by atoms with van der Waals surface area (Å²) in [5, 5.41) is 3.54. The van der Waals surface area contributed by atoms with E-state index < -0.39 is 5.41 Å². The van der Waals surface area contributed by atoms with Crippen molar-refractivity contribution in [1.82, 2.24) is 10.2 Å². The molecule has 5 nitrogen and oxygen atoms in total. The Labute approximate surface area is 149 Å². The first-order valence-electron chi connectivity index (χ1n) is 8.32. The number of halogens is 1. The topological polar surface area (TPSA) is 52.7 Å². The molecule has 0 aromatic heterocycles. The molecule has 1 aromatic carbocycles. The van der Waals surface area contributed by atoms with E-state index in [0.29, 0.717) is 18.1 Å². The Bertz CT molecular complexity index is 608. The van der Waals surface area contributed by atoms with Crippen molar-refractivity contribution in [2.45, 2.75) is 33.7 Å². The fourth-order valence-electron chi connectivity index (χ4n) is 2.78. The largest absolute Gasteiger partial charge is 0.368 e. The van der Waals surface area contributed by atoms with Gasteiger partial charge in [0.25, 0.3) is 0 Å². The number of carbonyl (C=O) groups excluding carboxylic acids is 2. The first kappa shape index (κ1) is 18.6. The van der Waals surface area contributed by atoms with Crippen molar-refractivity contribution in [1.29, 1.82) is 0 Å². The lowest BCUT2D eigenvalue weighted by molar-refractivity contribution is -0.149. The molecule has 24 heavy (non-hydrogen) atoms. The lowest BCUT2D eigenvalue weighted by atomic mass is 9.89. The van der Waals surface area contributed by atoms with Gasteiger partial charge >= 0.3 is 0 Å². The summed E-state index contributed by atoms with van der Waals surface area (Å²) in [6.45, 7) is 9.83. The quantitative estimate of drug-likeness (QED) is 0.848. The number of hydrogen-bond donors (Lipinski definition) is 1. The molecule has 0 saturated carbocycles. The van der Waals surface area contributed by atoms with Crippen LogP contribution in [0.3, 0.4) is 0 Å². The maximum Gasteiger partial charge on any atom is 0.237 e. The van der Waals surface area contributed by atoms with Gasteiger partial charge in [0, 0.05) is 42.9 Å². The van der Waals surface area contributed by atoms with E-state index in [1.165, 1.54) is 0 Å². The minimum absolute atomic E-state index is 0.0178. The van der Waals surface area contributed by atoms with Crippen LogP contribution in [0.2, 0.25) is 5.02 Å². The monoisotopic (exact) mass is 351 g/mol. The molecule has 0 atom stereocenters. The van der Waals surface area contributed by atoms with Gasteiger partial charge in [-0.25, -0.2) is 0 Å². The fraction of sp³-hybridized carbons (Fsp3) is 0.556. The summed E-state index contributed by atoms with van der Waals surface area (Å²) in [5.74, 6) is -0.342. The van der Waals surface area contributed by atoms with Crippen molar-refractivity contribution >= 4 is 29.1 Å². The number of anilines is 1. The Morgan fingerprint density at radius 3 is 2.33 bits per heavy atom. The molecule has 0 aliphatic carbocycles. The lowest BCUT2D eigenvalue weighted by Crippen LogP contribution is -2.56. The molecule has 1 saturated heterocycles. The van der Waals surface area contributed by atoms with Crippen LogP contribution in [0.5, 0.6) is 0 Å². The number of carbonyl (C=O) groups is 2. The van der Waals surface area contributed by atoms with Crippen LogP contribution in [0.1, 0.15) is 27.7 Å². The zero-order valence-electron chi connectivity index (χ0n) is 14.8. The second-order valence-electron chi connectivity index (χ2n) is 7.01. The Kier molecular flexibility index (Phi) is 5.75. The average Bonchev–Trinajstić information content (AvgIpc) is 2.53. The molecule has 0 radical (unpaired) electrons. The third-order valence-electron chi connectivity index (χ3n) is 4.26. The van der Waals surface area contributed by atoms with Crippen molar-refractivity contribution < 1.29 is 9.59 Å². The van der Waals surface area contributed by atoms with Crippen LogP contribution >= 0.6 is 11.6 Å². The summed E-state index contributed by atoms with van der Waals surface area (Å²) >= 11 is 6.04. The number of amides is 2. The average molecular weight is 352 g/mol. The van der Waals surface area contributed by atoms with Crippen LogP contribution in [0.25, 0.3) is 0 Å². The van der Waals surface area contributed by atoms with E-state index in [-0.39, 0.29) is 17.9 Å². The summed E-state index contributed by atoms with van der Waals surface area (Å²) in [4.78, 5) is 29.0. The first-order valence-corrected chi connectivity index (χ1v) is 8.70. The Hall–Kier alpha value is -1.75. The lowest BCUT2D eigenvalue weighted by Gasteiger charge is -2.39. The van der Waals surface area contributed by atoms with E-state index in [4.69, 9.17) is 11.6 Å². The third kappa shape index (κ3) is 4.20. The minimum atomic E-state index is -1.05. The molecule has 1 heterocycles. The Morgan fingerprint density at radius 2 is 1.79 bits per heavy atom. The first-order chi connectivity index (χ1) is 11.2. The maximum absolute atomic E-state index is 12.8. The van der Waals surface area contributed by atoms with Crippen LogP contribution in [0, 0.1) is 5.41 Å². The van der Waals surface area contributed by atoms with Crippen LogP contribution < -0.4 is 10.2 Å². The molecule has 0 spiro atoms. The van der Waals surface area contributed by atoms with Crippen molar-refractivity contribution in [3.63, 3.8) is 0 Å². The molecule has 132 valence electrons. The zero-order chi connectivity index (χ0) is 17.9. The van der Waals surface area contributed by atoms with E-state index >= 15 is 0 Å². The molecule has 6 heteroatoms. The van der Waals surface area contributed by atoms with E-state index in [9.17, 15) is 9.59 Å². The highest BCUT2D eigenvalue weighted by molar-refractivity contribution is 6.30. The third-order valence-corrected chi connectivity index (χ3v) is 4.50. The summed E-state index contributed by atoms with van der Waals surface area (Å²) < 4.78 is 0. The molecule has 1 aromatic rings. The summed E-state index contributed by atoms with van der Waals surface area (Å²) in [5.41, 5.74) is 0.00841. The van der Waals surface area contributed by atoms with Crippen molar-refractivity contribution in [3.8, 4) is 0 Å². The van der Waals surface area contributed by atoms with Gasteiger partial charge in [-0.3, -0.25) is 9.59 Å². The van der Waals surface area contributed by atoms with Gasteiger partial charge in [0.05, 0.1) is 0 Å². The minimum Gasteiger partial charge on any atom is -0.368 e. The number of benzene rings is 1. The number of piperazine rings is 1. The predicted molar refractivity (Wildman–Crippen MR) is 97.3 cm³/mol. The van der Waals surface area contributed by atoms with Gasteiger partial charge in [-0.1, -0.05) is 17.7 Å². The van der Waals surface area contributed by atoms with Gasteiger partial charge in [-0.15, -0.1) is 0 Å². The summed E-state index contributed by atoms with van der Waals surface area (Å²) in [6, 6.07) is 7.74. The van der Waals surface area contributed by atoms with Crippen molar-refractivity contribution in [2.24, 2.45) is 5.41 Å². The normalized spacial score (nSPS) is 15.6. The highest BCUT2D eigenvalue weighted by Crippen LogP contribution is 2.24. The Morgan fingerprint density at radius 1 is 1.17 bits per heavy atom. The second-order valence-corrected chi connectivity index (χ2v) is 7.45. The van der Waals surface area contributed by atoms with E-state index in [1.54, 1.807) is 18.7 Å². The van der Waals surface area contributed by atoms with E-state index in [0.717, 1.165) is 18.8 Å². The number of hydrogen-bond acceptors (Lipinski definition) is 3. The molecule has 0 bridgehead atoms. The number of nitrogens with zero attached hydrogens (tertiary/aromatic N) is 2. The standard InChI is InChI=1S/C18H26ClN3O2/c1-13(2)20-16(23)18(3,4)17(24)22-10-8-21(9-11-22)15-7-5-6-14(19)12-15/h5-7,12-13H,8-11H2,1-4H3,(H,20,23). The SMILES string of the molecule is CC(C)NC(=O)C(C)(C)C(=O)N1CCN(c2cccc(Cl)c2)CC1. The van der Waals surface area contributed by atoms with Crippen LogP contribution in [-0.2, 0) is 9.59 Å². The highest BCUT2D eigenvalue weighted by Gasteiger charge is 2.40. The van der Waals surface area contributed by atoms with Crippen LogP contribution in [-0.4, -0.2) is 48.9 Å². The van der Waals surface area contributed by atoms with E-state index in [1.807, 2.05) is 38.1 Å². The highest BCUT2D eigenvalue weighted by atomic mass is 35.5. The molecule has 1 fully saturated rings. The predicted octanol–water partition coefficient (Wildman–Crippen LogP) is 2.54. The second kappa shape index (κ2) is 7.43. The molecular weight excluding hydrogens is 326 g/mol. The van der Waals surface area contributed by atoms with Gasteiger partial charge in [0.1, 0.15) is 5.41 Å². The van der Waals surface area contributed by atoms with Crippen molar-refractivity contribution in [2.75, 3.05) is 31.1 Å². The molecule has 2 rings (SSSR count). The molecule has 1 aliphatic rings. The maximum atomic E-state index is 12.8. The molecule has 1 N–H and O–H groups in total. The Balaban J connectivity index is 1.98. The van der Waals surface area contributed by atoms with Gasteiger partial charge in [0.2, 0.25) is 11.8 Å². The molecule has 2 amide bonds.